The van der Waals surface area contributed by atoms with Gasteiger partial charge >= 0.3 is 5.97 Å². The third kappa shape index (κ3) is 2.61. The highest BCUT2D eigenvalue weighted by Gasteiger charge is 2.50. The number of carbonyl (C=O) groups excluding carboxylic acids is 1. The van der Waals surface area contributed by atoms with Crippen molar-refractivity contribution in [3.63, 3.8) is 0 Å². The number of aliphatic imine (C=N–C) groups is 1. The van der Waals surface area contributed by atoms with E-state index in [4.69, 9.17) is 9.47 Å². The van der Waals surface area contributed by atoms with Crippen LogP contribution in [0.5, 0.6) is 0 Å². The second-order valence-corrected chi connectivity index (χ2v) is 6.10. The zero-order chi connectivity index (χ0) is 13.3. The zero-order valence-corrected chi connectivity index (χ0v) is 11.6. The summed E-state index contributed by atoms with van der Waals surface area (Å²) in [6.07, 6.45) is 0.121. The van der Waals surface area contributed by atoms with Crippen LogP contribution in [-0.4, -0.2) is 63.2 Å². The molecule has 1 saturated heterocycles. The van der Waals surface area contributed by atoms with Crippen molar-refractivity contribution in [3.05, 3.63) is 0 Å². The number of rotatable bonds is 2. The average Bonchev–Trinajstić information content (AvgIpc) is 2.75. The molecule has 0 saturated carbocycles. The number of aliphatic hydroxyl groups excluding tert-OH is 2. The fraction of sp³-hybridized carbons (Fsp3) is 0.800. The van der Waals surface area contributed by atoms with Gasteiger partial charge in [0.2, 0.25) is 5.23 Å². The Morgan fingerprint density at radius 2 is 2.39 bits per heavy atom. The molecular formula is C10H15NO5S2. The Hall–Kier alpha value is -0.440. The second kappa shape index (κ2) is 5.68. The molecule has 2 heterocycles. The number of fused-ring (bicyclic) bond motifs is 1. The molecule has 2 aliphatic heterocycles. The van der Waals surface area contributed by atoms with Crippen molar-refractivity contribution in [2.24, 2.45) is 4.99 Å². The molecule has 5 atom stereocenters. The second-order valence-electron chi connectivity index (χ2n) is 4.00. The highest BCUT2D eigenvalue weighted by Crippen LogP contribution is 2.40. The minimum Gasteiger partial charge on any atom is -0.457 e. The van der Waals surface area contributed by atoms with Gasteiger partial charge in [-0.25, -0.2) is 4.99 Å². The summed E-state index contributed by atoms with van der Waals surface area (Å²) in [5.74, 6) is -0.478. The van der Waals surface area contributed by atoms with Crippen molar-refractivity contribution >= 4 is 34.7 Å². The standard InChI is InChI=1S/C10H15NO5S2/c1-4(13)15-8-6-9(16-10(11-6)17-2)18-5(3-12)7(8)14/h5-9,12,14H,3H2,1-2H3/t5-,6-,7-,8-,9+/m1/s1. The van der Waals surface area contributed by atoms with Gasteiger partial charge in [0, 0.05) is 6.92 Å². The van der Waals surface area contributed by atoms with Crippen LogP contribution in [0.25, 0.3) is 0 Å². The lowest BCUT2D eigenvalue weighted by Crippen LogP contribution is -2.54. The molecule has 1 fully saturated rings. The molecule has 2 aliphatic rings. The van der Waals surface area contributed by atoms with Crippen LogP contribution in [0.15, 0.2) is 4.99 Å². The fourth-order valence-electron chi connectivity index (χ4n) is 1.97. The average molecular weight is 293 g/mol. The van der Waals surface area contributed by atoms with Crippen molar-refractivity contribution in [2.75, 3.05) is 12.9 Å². The molecule has 0 aromatic rings. The van der Waals surface area contributed by atoms with Crippen LogP contribution >= 0.6 is 23.5 Å². The lowest BCUT2D eigenvalue weighted by Gasteiger charge is -2.38. The molecule has 2 N–H and O–H groups in total. The fourth-order valence-corrected chi connectivity index (χ4v) is 3.73. The van der Waals surface area contributed by atoms with E-state index in [1.807, 2.05) is 6.26 Å². The number of aliphatic hydroxyl groups is 2. The summed E-state index contributed by atoms with van der Waals surface area (Å²) in [6.45, 7) is 1.08. The van der Waals surface area contributed by atoms with E-state index in [0.29, 0.717) is 5.23 Å². The van der Waals surface area contributed by atoms with Crippen LogP contribution < -0.4 is 0 Å². The first kappa shape index (κ1) is 14.0. The molecule has 0 spiro atoms. The summed E-state index contributed by atoms with van der Waals surface area (Å²) in [5.41, 5.74) is -0.322. The maximum absolute atomic E-state index is 11.1. The van der Waals surface area contributed by atoms with Gasteiger partial charge in [-0.2, -0.15) is 0 Å². The van der Waals surface area contributed by atoms with Crippen molar-refractivity contribution in [2.45, 2.75) is 35.9 Å². The molecule has 8 heteroatoms. The zero-order valence-electron chi connectivity index (χ0n) is 9.98. The maximum atomic E-state index is 11.1. The lowest BCUT2D eigenvalue weighted by atomic mass is 10.0. The Bertz CT molecular complexity index is 364. The van der Waals surface area contributed by atoms with Crippen molar-refractivity contribution in [1.82, 2.24) is 0 Å². The SMILES string of the molecule is CSC1=N[C@@H]2[C@@H](OC(C)=O)[C@H](O)[C@@H](CO)S[C@@H]2O1. The third-order valence-electron chi connectivity index (χ3n) is 2.77. The molecule has 0 unspecified atom stereocenters. The van der Waals surface area contributed by atoms with Gasteiger partial charge in [-0.05, 0) is 6.26 Å². The topological polar surface area (TPSA) is 88.4 Å². The molecular weight excluding hydrogens is 278 g/mol. The first-order valence-corrected chi connectivity index (χ1v) is 7.63. The largest absolute Gasteiger partial charge is 0.457 e. The van der Waals surface area contributed by atoms with Crippen LogP contribution in [0.3, 0.4) is 0 Å². The highest BCUT2D eigenvalue weighted by molar-refractivity contribution is 8.13. The van der Waals surface area contributed by atoms with E-state index in [1.54, 1.807) is 0 Å². The minimum absolute atomic E-state index is 0.204. The van der Waals surface area contributed by atoms with Gasteiger partial charge in [0.1, 0.15) is 12.1 Å². The molecule has 18 heavy (non-hydrogen) atoms. The number of hydrogen-bond acceptors (Lipinski definition) is 8. The van der Waals surface area contributed by atoms with Gasteiger partial charge in [0.25, 0.3) is 0 Å². The molecule has 0 bridgehead atoms. The number of esters is 1. The Morgan fingerprint density at radius 3 is 2.94 bits per heavy atom. The van der Waals surface area contributed by atoms with Crippen LogP contribution in [0, 0.1) is 0 Å². The Kier molecular flexibility index (Phi) is 4.41. The van der Waals surface area contributed by atoms with Crippen LogP contribution in [0.4, 0.5) is 0 Å². The molecule has 0 radical (unpaired) electrons. The van der Waals surface area contributed by atoms with Gasteiger partial charge < -0.3 is 19.7 Å². The molecule has 6 nitrogen and oxygen atoms in total. The summed E-state index contributed by atoms with van der Waals surface area (Å²) in [6, 6.07) is -0.417. The van der Waals surface area contributed by atoms with E-state index < -0.39 is 29.5 Å². The van der Waals surface area contributed by atoms with E-state index in [1.165, 1.54) is 30.4 Å². The van der Waals surface area contributed by atoms with E-state index in [2.05, 4.69) is 4.99 Å². The van der Waals surface area contributed by atoms with Gasteiger partial charge in [0.05, 0.1) is 11.9 Å². The Balaban J connectivity index is 2.20. The highest BCUT2D eigenvalue weighted by atomic mass is 32.2. The van der Waals surface area contributed by atoms with Gasteiger partial charge in [0.15, 0.2) is 11.5 Å². The first-order valence-electron chi connectivity index (χ1n) is 5.47. The molecule has 0 aromatic carbocycles. The van der Waals surface area contributed by atoms with Crippen LogP contribution in [0.1, 0.15) is 6.92 Å². The number of nitrogens with zero attached hydrogens (tertiary/aromatic N) is 1. The molecule has 0 amide bonds. The number of thioether (sulfide) groups is 2. The van der Waals surface area contributed by atoms with E-state index in [9.17, 15) is 15.0 Å². The maximum Gasteiger partial charge on any atom is 0.303 e. The summed E-state index contributed by atoms with van der Waals surface area (Å²) in [5, 5.41) is 19.4. The third-order valence-corrected chi connectivity index (χ3v) is 4.74. The summed E-state index contributed by atoms with van der Waals surface area (Å²) < 4.78 is 10.7. The van der Waals surface area contributed by atoms with E-state index >= 15 is 0 Å². The first-order chi connectivity index (χ1) is 8.56. The van der Waals surface area contributed by atoms with Gasteiger partial charge in [-0.1, -0.05) is 11.8 Å². The van der Waals surface area contributed by atoms with E-state index in [0.717, 1.165) is 0 Å². The smallest absolute Gasteiger partial charge is 0.303 e. The molecule has 0 aliphatic carbocycles. The van der Waals surface area contributed by atoms with Gasteiger partial charge in [-0.15, -0.1) is 11.8 Å². The number of carbonyl (C=O) groups is 1. The van der Waals surface area contributed by atoms with Crippen molar-refractivity contribution in [1.29, 1.82) is 0 Å². The summed E-state index contributed by atoms with van der Waals surface area (Å²) >= 11 is 2.68. The summed E-state index contributed by atoms with van der Waals surface area (Å²) in [7, 11) is 0. The molecule has 2 rings (SSSR count). The van der Waals surface area contributed by atoms with E-state index in [-0.39, 0.29) is 12.0 Å². The van der Waals surface area contributed by atoms with Crippen molar-refractivity contribution < 1.29 is 24.5 Å². The quantitative estimate of drug-likeness (QED) is 0.683. The summed E-state index contributed by atoms with van der Waals surface area (Å²) in [4.78, 5) is 15.4. The van der Waals surface area contributed by atoms with Crippen LogP contribution in [0.2, 0.25) is 0 Å². The Labute approximate surface area is 113 Å². The molecule has 0 aromatic heterocycles. The molecule has 102 valence electrons. The van der Waals surface area contributed by atoms with Gasteiger partial charge in [-0.3, -0.25) is 4.79 Å². The monoisotopic (exact) mass is 293 g/mol. The van der Waals surface area contributed by atoms with Crippen molar-refractivity contribution in [3.8, 4) is 0 Å². The normalized spacial score (nSPS) is 38.7. The predicted octanol–water partition coefficient (Wildman–Crippen LogP) is -0.169. The lowest BCUT2D eigenvalue weighted by molar-refractivity contribution is -0.155. The minimum atomic E-state index is -0.946. The number of hydrogen-bond donors (Lipinski definition) is 2. The van der Waals surface area contributed by atoms with Crippen LogP contribution in [-0.2, 0) is 14.3 Å². The predicted molar refractivity (Wildman–Crippen MR) is 69.6 cm³/mol. The Morgan fingerprint density at radius 1 is 1.67 bits per heavy atom. The number of ether oxygens (including phenoxy) is 2.